The van der Waals surface area contributed by atoms with Crippen LogP contribution >= 0.6 is 0 Å². The highest BCUT2D eigenvalue weighted by molar-refractivity contribution is 7.90. The highest BCUT2D eigenvalue weighted by atomic mass is 32.2. The maximum absolute atomic E-state index is 13.5. The molecule has 1 heterocycles. The molecule has 4 aromatic carbocycles. The van der Waals surface area contributed by atoms with Gasteiger partial charge in [0.2, 0.25) is 0 Å². The molecule has 0 spiro atoms. The summed E-state index contributed by atoms with van der Waals surface area (Å²) in [6.07, 6.45) is 5.03. The number of aromatic nitrogens is 1. The number of nitrogens with zero attached hydrogens (tertiary/aromatic N) is 1. The lowest BCUT2D eigenvalue weighted by atomic mass is 9.95. The van der Waals surface area contributed by atoms with Gasteiger partial charge in [0.15, 0.2) is 23.0 Å². The lowest BCUT2D eigenvalue weighted by Gasteiger charge is -2.21. The molecule has 5 rings (SSSR count). The molecule has 0 saturated carbocycles. The molecule has 5 aromatic rings. The minimum absolute atomic E-state index is 0.0109. The Labute approximate surface area is 298 Å². The molecule has 15 heteroatoms. The van der Waals surface area contributed by atoms with Crippen molar-refractivity contribution in [1.29, 1.82) is 0 Å². The van der Waals surface area contributed by atoms with Crippen LogP contribution in [-0.4, -0.2) is 62.6 Å². The first-order valence-corrected chi connectivity index (χ1v) is 20.4. The summed E-state index contributed by atoms with van der Waals surface area (Å²) in [6, 6.07) is 19.3. The third-order valence-electron chi connectivity index (χ3n) is 7.61. The summed E-state index contributed by atoms with van der Waals surface area (Å²) in [6.45, 7) is 5.78. The van der Waals surface area contributed by atoms with E-state index in [0.717, 1.165) is 23.6 Å². The molecule has 51 heavy (non-hydrogen) atoms. The standard InChI is InChI=1S/C36H37NO11S3/c1-23(2)17-19-46-31-15-11-27(21-32(31)47-49(6,38)39)34-33(44-4)22-29(35(45-5)36(34)48-50(7,40)41)25-10-14-30-26(20-25)16-18-37(30)51(42,43)28-12-8-24(3)9-13-28/h8-18,20-22H,19H2,1-7H3. The molecule has 12 nitrogen and oxygen atoms in total. The second-order valence-electron chi connectivity index (χ2n) is 11.9. The topological polar surface area (TPSA) is 154 Å². The van der Waals surface area contributed by atoms with E-state index in [9.17, 15) is 25.3 Å². The van der Waals surface area contributed by atoms with Gasteiger partial charge in [0, 0.05) is 17.1 Å². The van der Waals surface area contributed by atoms with Crippen LogP contribution in [0.2, 0.25) is 0 Å². The van der Waals surface area contributed by atoms with Gasteiger partial charge in [-0.25, -0.2) is 12.4 Å². The quantitative estimate of drug-likeness (QED) is 0.0949. The first-order valence-electron chi connectivity index (χ1n) is 15.3. The largest absolute Gasteiger partial charge is 0.496 e. The maximum Gasteiger partial charge on any atom is 0.306 e. The molecule has 0 radical (unpaired) electrons. The zero-order valence-corrected chi connectivity index (χ0v) is 31.4. The average Bonchev–Trinajstić information content (AvgIpc) is 3.48. The first-order chi connectivity index (χ1) is 23.9. The molecule has 0 atom stereocenters. The van der Waals surface area contributed by atoms with E-state index in [0.29, 0.717) is 22.0 Å². The van der Waals surface area contributed by atoms with E-state index in [4.69, 9.17) is 22.6 Å². The number of hydrogen-bond acceptors (Lipinski definition) is 11. The maximum atomic E-state index is 13.5. The molecule has 1 aromatic heterocycles. The molecule has 0 bridgehead atoms. The minimum Gasteiger partial charge on any atom is -0.496 e. The van der Waals surface area contributed by atoms with Crippen LogP contribution in [0.15, 0.2) is 95.5 Å². The van der Waals surface area contributed by atoms with Gasteiger partial charge in [-0.2, -0.15) is 16.8 Å². The van der Waals surface area contributed by atoms with Crippen LogP contribution in [0.1, 0.15) is 19.4 Å². The van der Waals surface area contributed by atoms with E-state index in [1.165, 1.54) is 36.5 Å². The van der Waals surface area contributed by atoms with Gasteiger partial charge >= 0.3 is 20.2 Å². The molecule has 270 valence electrons. The Balaban J connectivity index is 1.70. The summed E-state index contributed by atoms with van der Waals surface area (Å²) in [5, 5.41) is 0.574. The summed E-state index contributed by atoms with van der Waals surface area (Å²) in [4.78, 5) is 0.136. The average molecular weight is 756 g/mol. The fraction of sp³-hybridized carbons (Fsp3) is 0.222. The van der Waals surface area contributed by atoms with Crippen molar-refractivity contribution in [1.82, 2.24) is 3.97 Å². The molecule has 0 unspecified atom stereocenters. The molecule has 0 fully saturated rings. The lowest BCUT2D eigenvalue weighted by molar-refractivity contribution is 0.347. The molecule has 0 N–H and O–H groups in total. The van der Waals surface area contributed by atoms with Gasteiger partial charge in [0.1, 0.15) is 12.4 Å². The van der Waals surface area contributed by atoms with Crippen LogP contribution in [0.5, 0.6) is 28.7 Å². The monoisotopic (exact) mass is 755 g/mol. The molecule has 0 saturated heterocycles. The van der Waals surface area contributed by atoms with Crippen molar-refractivity contribution in [2.45, 2.75) is 25.7 Å². The number of methoxy groups -OCH3 is 2. The number of benzene rings is 4. The highest BCUT2D eigenvalue weighted by Gasteiger charge is 2.28. The Bertz CT molecular complexity index is 2480. The van der Waals surface area contributed by atoms with E-state index in [-0.39, 0.29) is 51.4 Å². The van der Waals surface area contributed by atoms with E-state index in [1.807, 2.05) is 20.8 Å². The van der Waals surface area contributed by atoms with E-state index < -0.39 is 30.3 Å². The van der Waals surface area contributed by atoms with Crippen LogP contribution in [0, 0.1) is 6.92 Å². The fourth-order valence-corrected chi connectivity index (χ4v) is 7.60. The second-order valence-corrected chi connectivity index (χ2v) is 16.9. The Morgan fingerprint density at radius 2 is 1.37 bits per heavy atom. The van der Waals surface area contributed by atoms with Gasteiger partial charge in [-0.05, 0) is 86.5 Å². The SMILES string of the molecule is COc1cc(-c2ccc3c(ccn3S(=O)(=O)c3ccc(C)cc3)c2)c(OC)c(OS(C)(=O)=O)c1-c1ccc(OCC=C(C)C)c(OS(C)(=O)=O)c1. The smallest absolute Gasteiger partial charge is 0.306 e. The zero-order valence-electron chi connectivity index (χ0n) is 29.0. The van der Waals surface area contributed by atoms with Crippen molar-refractivity contribution in [2.24, 2.45) is 0 Å². The predicted molar refractivity (Wildman–Crippen MR) is 196 cm³/mol. The number of ether oxygens (including phenoxy) is 3. The van der Waals surface area contributed by atoms with Crippen LogP contribution in [0.4, 0.5) is 0 Å². The second kappa shape index (κ2) is 14.3. The number of rotatable bonds is 13. The third kappa shape index (κ3) is 8.32. The number of fused-ring (bicyclic) bond motifs is 1. The normalized spacial score (nSPS) is 12.0. The molecular weight excluding hydrogens is 719 g/mol. The third-order valence-corrected chi connectivity index (χ3v) is 10.3. The van der Waals surface area contributed by atoms with Crippen molar-refractivity contribution >= 4 is 41.2 Å². The van der Waals surface area contributed by atoms with Crippen molar-refractivity contribution in [3.05, 3.63) is 96.2 Å². The molecule has 0 amide bonds. The van der Waals surface area contributed by atoms with Crippen molar-refractivity contribution in [2.75, 3.05) is 33.3 Å². The van der Waals surface area contributed by atoms with Gasteiger partial charge in [0.25, 0.3) is 10.0 Å². The van der Waals surface area contributed by atoms with E-state index in [2.05, 4.69) is 0 Å². The summed E-state index contributed by atoms with van der Waals surface area (Å²) >= 11 is 0. The van der Waals surface area contributed by atoms with E-state index >= 15 is 0 Å². The highest BCUT2D eigenvalue weighted by Crippen LogP contribution is 2.52. The zero-order chi connectivity index (χ0) is 37.3. The van der Waals surface area contributed by atoms with Crippen LogP contribution in [0.3, 0.4) is 0 Å². The van der Waals surface area contributed by atoms with Gasteiger partial charge in [-0.3, -0.25) is 0 Å². The van der Waals surface area contributed by atoms with Crippen molar-refractivity contribution in [3.63, 3.8) is 0 Å². The molecule has 0 aliphatic heterocycles. The Morgan fingerprint density at radius 3 is 1.98 bits per heavy atom. The number of hydrogen-bond donors (Lipinski definition) is 0. The molecule has 0 aliphatic carbocycles. The summed E-state index contributed by atoms with van der Waals surface area (Å²) < 4.78 is 106. The van der Waals surface area contributed by atoms with Crippen LogP contribution < -0.4 is 22.6 Å². The van der Waals surface area contributed by atoms with Crippen LogP contribution in [0.25, 0.3) is 33.2 Å². The first kappa shape index (κ1) is 37.3. The Kier molecular flexibility index (Phi) is 10.5. The fourth-order valence-electron chi connectivity index (χ4n) is 5.33. The summed E-state index contributed by atoms with van der Waals surface area (Å²) in [7, 11) is -9.37. The van der Waals surface area contributed by atoms with Gasteiger partial charge in [-0.15, -0.1) is 0 Å². The van der Waals surface area contributed by atoms with E-state index in [1.54, 1.807) is 66.7 Å². The Hall–Kier alpha value is -4.99. The lowest BCUT2D eigenvalue weighted by Crippen LogP contribution is -2.11. The summed E-state index contributed by atoms with van der Waals surface area (Å²) in [5.74, 6) is -0.107. The number of allylic oxidation sites excluding steroid dienone is 1. The van der Waals surface area contributed by atoms with Crippen LogP contribution in [-0.2, 0) is 30.3 Å². The minimum atomic E-state index is -4.17. The Morgan fingerprint density at radius 1 is 0.706 bits per heavy atom. The summed E-state index contributed by atoms with van der Waals surface area (Å²) in [5.41, 5.74) is 3.60. The molecule has 0 aliphatic rings. The van der Waals surface area contributed by atoms with Gasteiger partial charge in [0.05, 0.1) is 42.7 Å². The number of aryl methyl sites for hydroxylation is 1. The molecular formula is C36H37NO11S3. The van der Waals surface area contributed by atoms with Gasteiger partial charge in [-0.1, -0.05) is 35.4 Å². The van der Waals surface area contributed by atoms with Gasteiger partial charge < -0.3 is 22.6 Å². The predicted octanol–water partition coefficient (Wildman–Crippen LogP) is 6.56. The van der Waals surface area contributed by atoms with Crippen molar-refractivity contribution < 1.29 is 47.8 Å². The van der Waals surface area contributed by atoms with Crippen molar-refractivity contribution in [3.8, 4) is 51.0 Å².